The molecular weight excluding hydrogens is 463 g/mol. The highest BCUT2D eigenvalue weighted by Gasteiger charge is 2.28. The highest BCUT2D eigenvalue weighted by Crippen LogP contribution is 2.17. The van der Waals surface area contributed by atoms with E-state index in [-0.39, 0.29) is 29.6 Å². The molecule has 0 spiro atoms. The number of amides is 1. The van der Waals surface area contributed by atoms with Crippen LogP contribution < -0.4 is 14.8 Å². The molecule has 0 aromatic heterocycles. The number of hydrogen-bond donors (Lipinski definition) is 2. The lowest BCUT2D eigenvalue weighted by molar-refractivity contribution is -0.123. The molecule has 0 saturated carbocycles. The third-order valence-electron chi connectivity index (χ3n) is 4.30. The van der Waals surface area contributed by atoms with Crippen LogP contribution in [0.15, 0.2) is 51.8 Å². The highest BCUT2D eigenvalue weighted by atomic mass is 79.9. The van der Waals surface area contributed by atoms with E-state index in [0.717, 1.165) is 4.47 Å². The summed E-state index contributed by atoms with van der Waals surface area (Å²) < 4.78 is 47.3. The Labute approximate surface area is 179 Å². The van der Waals surface area contributed by atoms with Crippen molar-refractivity contribution in [3.63, 3.8) is 0 Å². The first-order valence-electron chi connectivity index (χ1n) is 9.02. The van der Waals surface area contributed by atoms with Crippen molar-refractivity contribution in [2.24, 2.45) is 5.92 Å². The molecule has 2 rings (SSSR count). The summed E-state index contributed by atoms with van der Waals surface area (Å²) in [6, 6.07) is 9.51. The minimum absolute atomic E-state index is 0.0351. The average Bonchev–Trinajstić information content (AvgIpc) is 2.68. The third kappa shape index (κ3) is 6.52. The Hall–Kier alpha value is -1.97. The molecule has 158 valence electrons. The van der Waals surface area contributed by atoms with Gasteiger partial charge in [-0.3, -0.25) is 4.79 Å². The van der Waals surface area contributed by atoms with Crippen LogP contribution in [0.5, 0.6) is 5.75 Å². The number of hydrogen-bond acceptors (Lipinski definition) is 4. The van der Waals surface area contributed by atoms with Crippen LogP contribution in [0, 0.1) is 11.7 Å². The van der Waals surface area contributed by atoms with Gasteiger partial charge in [0.05, 0.1) is 12.0 Å². The predicted molar refractivity (Wildman–Crippen MR) is 113 cm³/mol. The number of benzene rings is 2. The first-order valence-corrected chi connectivity index (χ1v) is 11.3. The number of carbonyl (C=O) groups is 1. The summed E-state index contributed by atoms with van der Waals surface area (Å²) in [4.78, 5) is 12.6. The Morgan fingerprint density at radius 2 is 1.83 bits per heavy atom. The van der Waals surface area contributed by atoms with E-state index < -0.39 is 22.0 Å². The maximum absolute atomic E-state index is 13.8. The zero-order valence-corrected chi connectivity index (χ0v) is 18.8. The Balaban J connectivity index is 2.03. The molecule has 0 radical (unpaired) electrons. The largest absolute Gasteiger partial charge is 0.497 e. The van der Waals surface area contributed by atoms with Crippen molar-refractivity contribution >= 4 is 31.9 Å². The van der Waals surface area contributed by atoms with Crippen molar-refractivity contribution in [1.29, 1.82) is 0 Å². The van der Waals surface area contributed by atoms with Crippen LogP contribution in [0.25, 0.3) is 0 Å². The number of halogens is 2. The molecule has 9 heteroatoms. The van der Waals surface area contributed by atoms with Crippen molar-refractivity contribution in [1.82, 2.24) is 10.0 Å². The fourth-order valence-electron chi connectivity index (χ4n) is 2.65. The summed E-state index contributed by atoms with van der Waals surface area (Å²) >= 11 is 3.29. The number of carbonyl (C=O) groups excluding carboxylic acids is 1. The first kappa shape index (κ1) is 23.3. The molecule has 2 N–H and O–H groups in total. The quantitative estimate of drug-likeness (QED) is 0.569. The molecule has 0 heterocycles. The van der Waals surface area contributed by atoms with Crippen molar-refractivity contribution in [3.05, 3.63) is 58.3 Å². The minimum atomic E-state index is -3.90. The van der Waals surface area contributed by atoms with Gasteiger partial charge in [-0.15, -0.1) is 0 Å². The second kappa shape index (κ2) is 10.2. The van der Waals surface area contributed by atoms with Crippen LogP contribution in [-0.4, -0.2) is 34.0 Å². The molecule has 0 aliphatic rings. The van der Waals surface area contributed by atoms with E-state index in [1.165, 1.54) is 37.4 Å². The summed E-state index contributed by atoms with van der Waals surface area (Å²) in [6.07, 6.45) is 0.285. The SMILES string of the molecule is COc1ccc(S(=O)(=O)N[C@H](C(=O)NCCc2cc(Br)ccc2F)C(C)C)cc1. The van der Waals surface area contributed by atoms with Crippen LogP contribution >= 0.6 is 15.9 Å². The fraction of sp³-hybridized carbons (Fsp3) is 0.350. The molecule has 0 saturated heterocycles. The zero-order valence-electron chi connectivity index (χ0n) is 16.4. The van der Waals surface area contributed by atoms with Crippen molar-refractivity contribution in [3.8, 4) is 5.75 Å². The van der Waals surface area contributed by atoms with E-state index in [2.05, 4.69) is 26.0 Å². The molecule has 2 aromatic carbocycles. The molecular formula is C20H24BrFN2O4S. The first-order chi connectivity index (χ1) is 13.6. The van der Waals surface area contributed by atoms with Crippen LogP contribution in [0.2, 0.25) is 0 Å². The third-order valence-corrected chi connectivity index (χ3v) is 6.25. The Bertz CT molecular complexity index is 949. The Morgan fingerprint density at radius 1 is 1.17 bits per heavy atom. The van der Waals surface area contributed by atoms with Crippen LogP contribution in [0.4, 0.5) is 4.39 Å². The number of sulfonamides is 1. The van der Waals surface area contributed by atoms with Crippen molar-refractivity contribution < 1.29 is 22.3 Å². The lowest BCUT2D eigenvalue weighted by Gasteiger charge is -2.22. The monoisotopic (exact) mass is 486 g/mol. The predicted octanol–water partition coefficient (Wildman–Crippen LogP) is 3.26. The van der Waals surface area contributed by atoms with Crippen LogP contribution in [0.3, 0.4) is 0 Å². The van der Waals surface area contributed by atoms with Gasteiger partial charge in [0.1, 0.15) is 17.6 Å². The summed E-state index contributed by atoms with van der Waals surface area (Å²) in [7, 11) is -2.41. The Morgan fingerprint density at radius 3 is 2.41 bits per heavy atom. The summed E-state index contributed by atoms with van der Waals surface area (Å²) in [5, 5.41) is 2.68. The van der Waals surface area contributed by atoms with Gasteiger partial charge >= 0.3 is 0 Å². The maximum atomic E-state index is 13.8. The van der Waals surface area contributed by atoms with Crippen LogP contribution in [0.1, 0.15) is 19.4 Å². The lowest BCUT2D eigenvalue weighted by atomic mass is 10.0. The fourth-order valence-corrected chi connectivity index (χ4v) is 4.40. The molecule has 0 aliphatic carbocycles. The molecule has 29 heavy (non-hydrogen) atoms. The minimum Gasteiger partial charge on any atom is -0.497 e. The smallest absolute Gasteiger partial charge is 0.241 e. The molecule has 0 unspecified atom stereocenters. The second-order valence-electron chi connectivity index (χ2n) is 6.80. The Kier molecular flexibility index (Phi) is 8.18. The molecule has 1 amide bonds. The number of methoxy groups -OCH3 is 1. The summed E-state index contributed by atoms with van der Waals surface area (Å²) in [5.74, 6) is -0.580. The van der Waals surface area contributed by atoms with Gasteiger partial charge in [0.15, 0.2) is 0 Å². The van der Waals surface area contributed by atoms with Gasteiger partial charge in [-0.05, 0) is 60.4 Å². The van der Waals surface area contributed by atoms with E-state index in [9.17, 15) is 17.6 Å². The average molecular weight is 487 g/mol. The van der Waals surface area contributed by atoms with Crippen molar-refractivity contribution in [2.45, 2.75) is 31.2 Å². The highest BCUT2D eigenvalue weighted by molar-refractivity contribution is 9.10. The van der Waals surface area contributed by atoms with E-state index in [4.69, 9.17) is 4.74 Å². The van der Waals surface area contributed by atoms with Gasteiger partial charge < -0.3 is 10.1 Å². The van der Waals surface area contributed by atoms with Gasteiger partial charge in [-0.25, -0.2) is 12.8 Å². The molecule has 0 aliphatic heterocycles. The van der Waals surface area contributed by atoms with Gasteiger partial charge in [-0.1, -0.05) is 29.8 Å². The summed E-state index contributed by atoms with van der Waals surface area (Å²) in [5.41, 5.74) is 0.458. The molecule has 2 aromatic rings. The van der Waals surface area contributed by atoms with Crippen LogP contribution in [-0.2, 0) is 21.2 Å². The van der Waals surface area contributed by atoms with Gasteiger partial charge in [-0.2, -0.15) is 4.72 Å². The summed E-state index contributed by atoms with van der Waals surface area (Å²) in [6.45, 7) is 3.67. The number of nitrogens with one attached hydrogen (secondary N) is 2. The van der Waals surface area contributed by atoms with E-state index in [1.54, 1.807) is 26.0 Å². The molecule has 6 nitrogen and oxygen atoms in total. The molecule has 0 bridgehead atoms. The van der Waals surface area contributed by atoms with Gasteiger partial charge in [0, 0.05) is 11.0 Å². The van der Waals surface area contributed by atoms with Gasteiger partial charge in [0.25, 0.3) is 0 Å². The van der Waals surface area contributed by atoms with E-state index in [0.29, 0.717) is 11.3 Å². The topological polar surface area (TPSA) is 84.5 Å². The number of rotatable bonds is 9. The molecule has 1 atom stereocenters. The normalized spacial score (nSPS) is 12.6. The van der Waals surface area contributed by atoms with Crippen molar-refractivity contribution in [2.75, 3.05) is 13.7 Å². The second-order valence-corrected chi connectivity index (χ2v) is 9.42. The molecule has 0 fully saturated rings. The van der Waals surface area contributed by atoms with E-state index in [1.807, 2.05) is 0 Å². The van der Waals surface area contributed by atoms with Gasteiger partial charge in [0.2, 0.25) is 15.9 Å². The standard InChI is InChI=1S/C20H24BrFN2O4S/c1-13(2)19(24-29(26,27)17-7-5-16(28-3)6-8-17)20(25)23-11-10-14-12-15(21)4-9-18(14)22/h4-9,12-13,19,24H,10-11H2,1-3H3,(H,23,25)/t19-/m0/s1. The lowest BCUT2D eigenvalue weighted by Crippen LogP contribution is -2.49. The number of ether oxygens (including phenoxy) is 1. The zero-order chi connectivity index (χ0) is 21.6. The van der Waals surface area contributed by atoms with E-state index >= 15 is 0 Å². The maximum Gasteiger partial charge on any atom is 0.241 e.